The highest BCUT2D eigenvalue weighted by atomic mass is 19.1. The van der Waals surface area contributed by atoms with Crippen LogP contribution in [0, 0.1) is 0 Å². The summed E-state index contributed by atoms with van der Waals surface area (Å²) in [5.74, 6) is 0. The second-order valence-corrected chi connectivity index (χ2v) is 5.08. The van der Waals surface area contributed by atoms with Crippen LogP contribution in [-0.2, 0) is 12.8 Å². The van der Waals surface area contributed by atoms with Crippen molar-refractivity contribution in [3.05, 3.63) is 71.8 Å². The Bertz CT molecular complexity index is 469. The minimum absolute atomic E-state index is 0.0758. The first-order valence-corrected chi connectivity index (χ1v) is 7.25. The molecule has 20 heavy (non-hydrogen) atoms. The van der Waals surface area contributed by atoms with E-state index in [4.69, 9.17) is 0 Å². The molecule has 0 spiro atoms. The highest BCUT2D eigenvalue weighted by Crippen LogP contribution is 2.05. The van der Waals surface area contributed by atoms with E-state index in [0.717, 1.165) is 25.8 Å². The SMILES string of the molecule is FCC(Cc1ccccc1)NCCCc1ccccc1. The van der Waals surface area contributed by atoms with Gasteiger partial charge in [0.05, 0.1) is 0 Å². The number of aryl methyl sites for hydroxylation is 1. The number of hydrogen-bond acceptors (Lipinski definition) is 1. The molecule has 2 aromatic carbocycles. The van der Waals surface area contributed by atoms with Crippen molar-refractivity contribution >= 4 is 0 Å². The van der Waals surface area contributed by atoms with Crippen LogP contribution in [0.25, 0.3) is 0 Å². The molecule has 106 valence electrons. The van der Waals surface area contributed by atoms with E-state index in [2.05, 4.69) is 29.6 Å². The molecule has 1 atom stereocenters. The average molecular weight is 271 g/mol. The Morgan fingerprint density at radius 3 is 2.05 bits per heavy atom. The van der Waals surface area contributed by atoms with Crippen molar-refractivity contribution in [3.8, 4) is 0 Å². The lowest BCUT2D eigenvalue weighted by atomic mass is 10.1. The van der Waals surface area contributed by atoms with Gasteiger partial charge in [-0.3, -0.25) is 0 Å². The van der Waals surface area contributed by atoms with Crippen molar-refractivity contribution in [2.75, 3.05) is 13.2 Å². The van der Waals surface area contributed by atoms with Gasteiger partial charge in [0.2, 0.25) is 0 Å². The predicted octanol–water partition coefficient (Wildman–Crippen LogP) is 3.79. The fourth-order valence-electron chi connectivity index (χ4n) is 2.32. The van der Waals surface area contributed by atoms with E-state index in [1.165, 1.54) is 11.1 Å². The standard InChI is InChI=1S/C18H22FN/c19-15-18(14-17-10-5-2-6-11-17)20-13-7-12-16-8-3-1-4-9-16/h1-6,8-11,18,20H,7,12-15H2. The van der Waals surface area contributed by atoms with E-state index < -0.39 is 0 Å². The average Bonchev–Trinajstić information content (AvgIpc) is 2.52. The summed E-state index contributed by atoms with van der Waals surface area (Å²) < 4.78 is 13.0. The second-order valence-electron chi connectivity index (χ2n) is 5.08. The van der Waals surface area contributed by atoms with Crippen LogP contribution in [-0.4, -0.2) is 19.3 Å². The number of rotatable bonds is 8. The maximum atomic E-state index is 13.0. The molecule has 0 aliphatic rings. The zero-order valence-corrected chi connectivity index (χ0v) is 11.8. The Morgan fingerprint density at radius 1 is 0.850 bits per heavy atom. The summed E-state index contributed by atoms with van der Waals surface area (Å²) in [5, 5.41) is 3.31. The summed E-state index contributed by atoms with van der Waals surface area (Å²) in [6.07, 6.45) is 2.83. The molecule has 2 aromatic rings. The van der Waals surface area contributed by atoms with E-state index in [9.17, 15) is 4.39 Å². The van der Waals surface area contributed by atoms with Gasteiger partial charge in [0.1, 0.15) is 6.67 Å². The molecule has 0 saturated carbocycles. The molecular formula is C18H22FN. The van der Waals surface area contributed by atoms with Gasteiger partial charge in [-0.25, -0.2) is 4.39 Å². The van der Waals surface area contributed by atoms with Gasteiger partial charge in [-0.05, 0) is 36.9 Å². The van der Waals surface area contributed by atoms with Gasteiger partial charge in [0.15, 0.2) is 0 Å². The fourth-order valence-corrected chi connectivity index (χ4v) is 2.32. The third-order valence-corrected chi connectivity index (χ3v) is 3.43. The molecule has 2 heteroatoms. The van der Waals surface area contributed by atoms with Crippen molar-refractivity contribution < 1.29 is 4.39 Å². The van der Waals surface area contributed by atoms with E-state index in [-0.39, 0.29) is 12.7 Å². The number of hydrogen-bond donors (Lipinski definition) is 1. The lowest BCUT2D eigenvalue weighted by molar-refractivity contribution is 0.371. The molecule has 0 fully saturated rings. The first kappa shape index (κ1) is 14.7. The van der Waals surface area contributed by atoms with Crippen molar-refractivity contribution in [1.29, 1.82) is 0 Å². The summed E-state index contributed by atoms with van der Waals surface area (Å²) >= 11 is 0. The summed E-state index contributed by atoms with van der Waals surface area (Å²) in [6.45, 7) is 0.538. The maximum absolute atomic E-state index is 13.0. The van der Waals surface area contributed by atoms with Gasteiger partial charge in [0, 0.05) is 6.04 Å². The second kappa shape index (κ2) is 8.49. The molecule has 0 bridgehead atoms. The molecule has 0 radical (unpaired) electrons. The maximum Gasteiger partial charge on any atom is 0.105 e. The first-order valence-electron chi connectivity index (χ1n) is 7.25. The van der Waals surface area contributed by atoms with Crippen LogP contribution in [0.15, 0.2) is 60.7 Å². The van der Waals surface area contributed by atoms with E-state index in [1.54, 1.807) is 0 Å². The van der Waals surface area contributed by atoms with Crippen LogP contribution in [0.2, 0.25) is 0 Å². The van der Waals surface area contributed by atoms with Gasteiger partial charge < -0.3 is 5.32 Å². The lowest BCUT2D eigenvalue weighted by Crippen LogP contribution is -2.34. The number of nitrogens with one attached hydrogen (secondary N) is 1. The zero-order chi connectivity index (χ0) is 14.0. The largest absolute Gasteiger partial charge is 0.311 e. The molecule has 2 rings (SSSR count). The van der Waals surface area contributed by atoms with Crippen LogP contribution in [0.3, 0.4) is 0 Å². The van der Waals surface area contributed by atoms with E-state index in [1.807, 2.05) is 36.4 Å². The van der Waals surface area contributed by atoms with Gasteiger partial charge in [0.25, 0.3) is 0 Å². The van der Waals surface area contributed by atoms with Crippen molar-refractivity contribution in [2.45, 2.75) is 25.3 Å². The number of alkyl halides is 1. The minimum Gasteiger partial charge on any atom is -0.311 e. The number of benzene rings is 2. The van der Waals surface area contributed by atoms with Crippen molar-refractivity contribution in [2.24, 2.45) is 0 Å². The molecule has 1 unspecified atom stereocenters. The molecule has 0 amide bonds. The van der Waals surface area contributed by atoms with Gasteiger partial charge in [-0.1, -0.05) is 60.7 Å². The topological polar surface area (TPSA) is 12.0 Å². The Balaban J connectivity index is 1.69. The molecule has 0 aromatic heterocycles. The summed E-state index contributed by atoms with van der Waals surface area (Å²) in [7, 11) is 0. The van der Waals surface area contributed by atoms with Crippen molar-refractivity contribution in [1.82, 2.24) is 5.32 Å². The first-order chi connectivity index (χ1) is 9.88. The highest BCUT2D eigenvalue weighted by molar-refractivity contribution is 5.16. The Labute approximate surface area is 120 Å². The van der Waals surface area contributed by atoms with Gasteiger partial charge in [-0.2, -0.15) is 0 Å². The quantitative estimate of drug-likeness (QED) is 0.720. The van der Waals surface area contributed by atoms with Crippen LogP contribution >= 0.6 is 0 Å². The molecule has 0 aliphatic heterocycles. The number of halogens is 1. The predicted molar refractivity (Wildman–Crippen MR) is 82.7 cm³/mol. The summed E-state index contributed by atoms with van der Waals surface area (Å²) in [5.41, 5.74) is 2.53. The van der Waals surface area contributed by atoms with Gasteiger partial charge in [-0.15, -0.1) is 0 Å². The molecule has 1 N–H and O–H groups in total. The fraction of sp³-hybridized carbons (Fsp3) is 0.333. The Hall–Kier alpha value is -1.67. The monoisotopic (exact) mass is 271 g/mol. The van der Waals surface area contributed by atoms with Crippen LogP contribution in [0.4, 0.5) is 4.39 Å². The lowest BCUT2D eigenvalue weighted by Gasteiger charge is -2.15. The Morgan fingerprint density at radius 2 is 1.45 bits per heavy atom. The molecule has 1 nitrogen and oxygen atoms in total. The minimum atomic E-state index is -0.319. The summed E-state index contributed by atoms with van der Waals surface area (Å²) in [4.78, 5) is 0. The third-order valence-electron chi connectivity index (χ3n) is 3.43. The highest BCUT2D eigenvalue weighted by Gasteiger charge is 2.08. The Kier molecular flexibility index (Phi) is 6.25. The van der Waals surface area contributed by atoms with Crippen LogP contribution in [0.5, 0.6) is 0 Å². The van der Waals surface area contributed by atoms with Gasteiger partial charge >= 0.3 is 0 Å². The van der Waals surface area contributed by atoms with Crippen LogP contribution in [0.1, 0.15) is 17.5 Å². The zero-order valence-electron chi connectivity index (χ0n) is 11.8. The van der Waals surface area contributed by atoms with Crippen molar-refractivity contribution in [3.63, 3.8) is 0 Å². The molecule has 0 heterocycles. The van der Waals surface area contributed by atoms with Crippen LogP contribution < -0.4 is 5.32 Å². The molecular weight excluding hydrogens is 249 g/mol. The molecule has 0 saturated heterocycles. The smallest absolute Gasteiger partial charge is 0.105 e. The normalized spacial score (nSPS) is 12.2. The van der Waals surface area contributed by atoms with E-state index >= 15 is 0 Å². The van der Waals surface area contributed by atoms with E-state index in [0.29, 0.717) is 0 Å². The third kappa shape index (κ3) is 5.14. The summed E-state index contributed by atoms with van der Waals surface area (Å²) in [6, 6.07) is 20.4. The molecule has 0 aliphatic carbocycles.